The molecule has 2 fully saturated rings. The summed E-state index contributed by atoms with van der Waals surface area (Å²) in [5.74, 6) is -2.33. The molecule has 13 N–H and O–H groups in total. The predicted molar refractivity (Wildman–Crippen MR) is 373 cm³/mol. The second kappa shape index (κ2) is 43.0. The Hall–Kier alpha value is -4.92. The quantitative estimate of drug-likeness (QED) is 0.0145. The average molecular weight is 1760 g/mol. The van der Waals surface area contributed by atoms with E-state index in [1.54, 1.807) is 0 Å². The number of fused-ring (bicyclic) bond motifs is 2. The number of unbranched alkanes of at least 4 members (excludes halogenated alkanes) is 2. The number of nitrogens with two attached hydrogens (primary N) is 2. The van der Waals surface area contributed by atoms with Gasteiger partial charge in [0, 0.05) is 81.3 Å². The largest absolute Gasteiger partial charge is 0.790 e. The number of aliphatic hydroxyl groups excluding tert-OH is 5. The van der Waals surface area contributed by atoms with Crippen molar-refractivity contribution in [2.24, 2.45) is 10.8 Å². The van der Waals surface area contributed by atoms with E-state index in [1.807, 2.05) is 13.8 Å². The number of imidazole rings is 2. The number of anilines is 2. The average Bonchev–Trinajstić information content (AvgIpc) is 1.59. The number of hydrogen-bond donors (Lipinski definition) is 11. The molecular weight excluding hydrogens is 1670 g/mol. The van der Waals surface area contributed by atoms with Crippen molar-refractivity contribution in [1.29, 1.82) is 0 Å². The third-order valence-electron chi connectivity index (χ3n) is 15.9. The number of carbonyl (C=O) groups is 6. The highest BCUT2D eigenvalue weighted by atomic mass is 32.2. The fourth-order valence-electron chi connectivity index (χ4n) is 9.96. The molecular formula is C55H88N14O35P6S2-8. The SMILES string of the molecule is CCCCC(=O)SCCNC(=O)CCNC(=O)C(O)C(C)(C)COP(=O)([O-])OP(=O)([O-])OCC1OC(C)(n2cnc3c(N)ncnc32)C(O)C1OP(=O)([O-])[O-].CCCCC(=O)SCCNC(=O)CCNC(=O)C(O)C(C)(C)COP(=O)([O-])OP(=O)([O-])OCC1OC(C)(n2cnc3c(N)ncnc32)C(O)C1OP(=O)([O-])[O-].CO. The summed E-state index contributed by atoms with van der Waals surface area (Å²) in [6.07, 6.45) is -7.88. The molecule has 0 aliphatic carbocycles. The predicted octanol–water partition coefficient (Wildman–Crippen LogP) is -5.39. The van der Waals surface area contributed by atoms with Crippen LogP contribution >= 0.6 is 70.5 Å². The van der Waals surface area contributed by atoms with Crippen LogP contribution in [0.1, 0.15) is 107 Å². The third-order valence-corrected chi connectivity index (χ3v) is 23.8. The second-order valence-corrected chi connectivity index (χ2v) is 36.2. The molecule has 49 nitrogen and oxygen atoms in total. The van der Waals surface area contributed by atoms with Gasteiger partial charge in [-0.1, -0.05) is 77.9 Å². The number of thioether (sulfide) groups is 2. The molecule has 4 amide bonds. The molecule has 14 unspecified atom stereocenters. The maximum Gasteiger partial charge on any atom is 0.274 e. The molecule has 0 bridgehead atoms. The molecule has 0 aromatic carbocycles. The van der Waals surface area contributed by atoms with Crippen molar-refractivity contribution >= 4 is 138 Å². The lowest BCUT2D eigenvalue weighted by Crippen LogP contribution is -2.46. The third kappa shape index (κ3) is 30.5. The van der Waals surface area contributed by atoms with E-state index in [4.69, 9.17) is 26.0 Å². The van der Waals surface area contributed by atoms with Gasteiger partial charge in [-0.15, -0.1) is 0 Å². The standard InChI is InChI=1S/2C27H46N7O17P3S.CH4O/c2*1-5-6-7-18(36)55-11-10-29-17(35)8-9-30-25(39)22(38)26(2,3)13-48-54(45,46)51-53(43,44)47-12-16-20(50-52(40,41)42)21(37)27(4,49-16)34-15-33-19-23(28)31-14-32-24(19)34;1-2/h2*14-16,20-22,37-38H,5-13H2,1-4H3,(H,29,35)(H,30,39)(H,43,44)(H,45,46)(H2,28,31,32)(H2,40,41,42);2H,1H3/p-8. The summed E-state index contributed by atoms with van der Waals surface area (Å²) in [4.78, 5) is 192. The molecule has 112 heavy (non-hydrogen) atoms. The van der Waals surface area contributed by atoms with E-state index in [0.717, 1.165) is 90.8 Å². The van der Waals surface area contributed by atoms with Crippen molar-refractivity contribution in [2.75, 3.05) is 82.7 Å². The molecule has 638 valence electrons. The highest BCUT2D eigenvalue weighted by Gasteiger charge is 2.57. The molecule has 6 rings (SSSR count). The summed E-state index contributed by atoms with van der Waals surface area (Å²) < 4.78 is 122. The van der Waals surface area contributed by atoms with Crippen LogP contribution in [0.2, 0.25) is 0 Å². The zero-order valence-corrected chi connectivity index (χ0v) is 68.4. The van der Waals surface area contributed by atoms with Crippen LogP contribution in [0.25, 0.3) is 22.3 Å². The van der Waals surface area contributed by atoms with Gasteiger partial charge in [0.15, 0.2) is 44.6 Å². The van der Waals surface area contributed by atoms with Crippen LogP contribution in [-0.2, 0) is 113 Å². The minimum Gasteiger partial charge on any atom is -0.790 e. The summed E-state index contributed by atoms with van der Waals surface area (Å²) in [5, 5.41) is 59.9. The Morgan fingerprint density at radius 2 is 0.875 bits per heavy atom. The van der Waals surface area contributed by atoms with E-state index >= 15 is 0 Å². The number of nitrogens with zero attached hydrogens (tertiary/aromatic N) is 8. The number of nitrogens with one attached hydrogen (secondary N) is 4. The van der Waals surface area contributed by atoms with Crippen LogP contribution in [0.4, 0.5) is 11.6 Å². The van der Waals surface area contributed by atoms with E-state index in [-0.39, 0.29) is 83.2 Å². The smallest absolute Gasteiger partial charge is 0.274 e. The van der Waals surface area contributed by atoms with Gasteiger partial charge in [0.05, 0.1) is 54.7 Å². The number of rotatable bonds is 44. The van der Waals surface area contributed by atoms with Crippen molar-refractivity contribution in [2.45, 2.75) is 167 Å². The first-order valence-electron chi connectivity index (χ1n) is 33.3. The molecule has 2 aliphatic heterocycles. The number of aliphatic hydroxyl groups is 5. The fourth-order valence-corrected chi connectivity index (χ4v) is 16.9. The number of nitrogen functional groups attached to an aromatic ring is 2. The minimum atomic E-state index is -5.93. The normalized spacial score (nSPS) is 22.8. The Morgan fingerprint density at radius 3 is 1.20 bits per heavy atom. The molecule has 2 aliphatic rings. The van der Waals surface area contributed by atoms with Crippen LogP contribution in [0.5, 0.6) is 0 Å². The maximum absolute atomic E-state index is 12.6. The highest BCUT2D eigenvalue weighted by Crippen LogP contribution is 2.58. The molecule has 0 saturated carbocycles. The Morgan fingerprint density at radius 1 is 0.545 bits per heavy atom. The highest BCUT2D eigenvalue weighted by molar-refractivity contribution is 8.13. The van der Waals surface area contributed by atoms with Crippen molar-refractivity contribution < 1.29 is 166 Å². The number of amides is 4. The van der Waals surface area contributed by atoms with Crippen molar-refractivity contribution in [1.82, 2.24) is 60.3 Å². The van der Waals surface area contributed by atoms with Gasteiger partial charge < -0.3 is 143 Å². The summed E-state index contributed by atoms with van der Waals surface area (Å²) in [6, 6.07) is 0. The lowest BCUT2D eigenvalue weighted by molar-refractivity contribution is -0.349. The Labute approximate surface area is 647 Å². The minimum absolute atomic E-state index is 0.0197. The number of ether oxygens (including phenoxy) is 2. The first kappa shape index (κ1) is 99.4. The van der Waals surface area contributed by atoms with Gasteiger partial charge in [0.1, 0.15) is 72.5 Å². The number of aromatic nitrogens is 8. The van der Waals surface area contributed by atoms with E-state index in [9.17, 15) is 116 Å². The lowest BCUT2D eigenvalue weighted by atomic mass is 9.87. The topological polar surface area (TPSA) is 770 Å². The van der Waals surface area contributed by atoms with Gasteiger partial charge in [0.25, 0.3) is 31.3 Å². The molecule has 6 heterocycles. The number of carbonyl (C=O) groups excluding carboxylic acids is 6. The molecule has 0 radical (unpaired) electrons. The van der Waals surface area contributed by atoms with Crippen molar-refractivity contribution in [3.05, 3.63) is 25.3 Å². The van der Waals surface area contributed by atoms with Crippen LogP contribution < -0.4 is 71.9 Å². The molecule has 4 aromatic heterocycles. The maximum atomic E-state index is 12.6. The van der Waals surface area contributed by atoms with Crippen molar-refractivity contribution in [3.63, 3.8) is 0 Å². The lowest BCUT2D eigenvalue weighted by Gasteiger charge is -2.36. The van der Waals surface area contributed by atoms with Crippen LogP contribution in [-0.4, -0.2) is 218 Å². The van der Waals surface area contributed by atoms with Gasteiger partial charge in [-0.2, -0.15) is 0 Å². The number of phosphoric acid groups is 6. The Kier molecular flexibility index (Phi) is 38.2. The Balaban J connectivity index is 0.000000462. The second-order valence-electron chi connectivity index (χ2n) is 25.7. The van der Waals surface area contributed by atoms with Gasteiger partial charge in [0.2, 0.25) is 23.6 Å². The van der Waals surface area contributed by atoms with Gasteiger partial charge in [-0.25, -0.2) is 38.5 Å². The van der Waals surface area contributed by atoms with E-state index < -0.39 is 168 Å². The van der Waals surface area contributed by atoms with Crippen LogP contribution in [0.3, 0.4) is 0 Å². The monoisotopic (exact) mass is 1750 g/mol. The summed E-state index contributed by atoms with van der Waals surface area (Å²) in [6.45, 7) is 6.54. The molecule has 57 heteroatoms. The van der Waals surface area contributed by atoms with Crippen LogP contribution in [0, 0.1) is 10.8 Å². The van der Waals surface area contributed by atoms with E-state index in [0.29, 0.717) is 24.3 Å². The molecule has 0 spiro atoms. The molecule has 4 aromatic rings. The zero-order valence-electron chi connectivity index (χ0n) is 61.4. The van der Waals surface area contributed by atoms with E-state index in [1.165, 1.54) is 41.5 Å². The zero-order chi connectivity index (χ0) is 84.8. The number of hydrogen-bond acceptors (Lipinski definition) is 45. The Bertz CT molecular complexity index is 3890. The van der Waals surface area contributed by atoms with Gasteiger partial charge in [-0.05, 0) is 26.7 Å². The summed E-state index contributed by atoms with van der Waals surface area (Å²) in [7, 11) is -34.3. The van der Waals surface area contributed by atoms with Crippen LogP contribution in [0.15, 0.2) is 25.3 Å². The van der Waals surface area contributed by atoms with Crippen molar-refractivity contribution in [3.8, 4) is 0 Å². The summed E-state index contributed by atoms with van der Waals surface area (Å²) in [5.41, 5.74) is 4.06. The summed E-state index contributed by atoms with van der Waals surface area (Å²) >= 11 is 2.20. The molecule has 2 saturated heterocycles. The van der Waals surface area contributed by atoms with Gasteiger partial charge in [-0.3, -0.25) is 56.2 Å². The first-order valence-corrected chi connectivity index (χ1v) is 44.0. The van der Waals surface area contributed by atoms with E-state index in [2.05, 4.69) is 86.9 Å². The first-order chi connectivity index (χ1) is 51.8. The van der Waals surface area contributed by atoms with Gasteiger partial charge >= 0.3 is 0 Å². The number of phosphoric ester groups is 6. The fraction of sp³-hybridized carbons (Fsp3) is 0.709. The molecule has 14 atom stereocenters.